The quantitative estimate of drug-likeness (QED) is 0.723. The van der Waals surface area contributed by atoms with Crippen LogP contribution in [0.25, 0.3) is 0 Å². The first-order valence-corrected chi connectivity index (χ1v) is 10.7. The number of hydrogen-bond donors (Lipinski definition) is 1. The fourth-order valence-corrected chi connectivity index (χ4v) is 4.44. The lowest BCUT2D eigenvalue weighted by Crippen LogP contribution is -2.44. The standard InChI is InChI=1S/C22H28F3N5O/c1-21(2,3)17-13-18(22(23,24)25)30-19(27-17)12-15(28-30)16-9-5-7-11-29(16)20(31)14-8-4-6-10-26-14/h4,6,8,10,12,16-18,27H,5,7,9,11,13H2,1-3H3/t16?,17-,18+/m0/s1. The molecule has 0 radical (unpaired) electrons. The molecule has 0 spiro atoms. The van der Waals surface area contributed by atoms with Gasteiger partial charge in [0.05, 0.1) is 11.7 Å². The van der Waals surface area contributed by atoms with E-state index in [0.29, 0.717) is 30.2 Å². The van der Waals surface area contributed by atoms with Crippen LogP contribution < -0.4 is 5.32 Å². The molecular weight excluding hydrogens is 407 g/mol. The third-order valence-electron chi connectivity index (χ3n) is 6.24. The molecule has 4 rings (SSSR count). The molecule has 0 aliphatic carbocycles. The van der Waals surface area contributed by atoms with Gasteiger partial charge >= 0.3 is 6.18 Å². The van der Waals surface area contributed by atoms with Crippen LogP contribution in [0.5, 0.6) is 0 Å². The van der Waals surface area contributed by atoms with Gasteiger partial charge in [0, 0.05) is 24.8 Å². The summed E-state index contributed by atoms with van der Waals surface area (Å²) in [6.45, 7) is 6.32. The van der Waals surface area contributed by atoms with Gasteiger partial charge in [-0.05, 0) is 43.2 Å². The fraction of sp³-hybridized carbons (Fsp3) is 0.591. The lowest BCUT2D eigenvalue weighted by molar-refractivity contribution is -0.175. The Morgan fingerprint density at radius 2 is 1.97 bits per heavy atom. The SMILES string of the molecule is CC(C)(C)[C@@H]1C[C@H](C(F)(F)F)n2nc(C3CCCCN3C(=O)c3ccccn3)cc2N1. The second kappa shape index (κ2) is 7.84. The van der Waals surface area contributed by atoms with Gasteiger partial charge < -0.3 is 10.2 Å². The lowest BCUT2D eigenvalue weighted by Gasteiger charge is -2.39. The number of fused-ring (bicyclic) bond motifs is 1. The van der Waals surface area contributed by atoms with Crippen molar-refractivity contribution < 1.29 is 18.0 Å². The summed E-state index contributed by atoms with van der Waals surface area (Å²) < 4.78 is 42.8. The minimum Gasteiger partial charge on any atom is -0.367 e. The highest BCUT2D eigenvalue weighted by Crippen LogP contribution is 2.44. The molecule has 4 heterocycles. The van der Waals surface area contributed by atoms with Crippen LogP contribution in [0.4, 0.5) is 19.0 Å². The highest BCUT2D eigenvalue weighted by Gasteiger charge is 2.48. The van der Waals surface area contributed by atoms with Crippen LogP contribution in [0.15, 0.2) is 30.5 Å². The maximum atomic E-state index is 13.9. The Kier molecular flexibility index (Phi) is 5.47. The fourth-order valence-electron chi connectivity index (χ4n) is 4.44. The van der Waals surface area contributed by atoms with Crippen molar-refractivity contribution in [2.24, 2.45) is 5.41 Å². The van der Waals surface area contributed by atoms with Gasteiger partial charge in [0.15, 0.2) is 6.04 Å². The molecule has 168 valence electrons. The number of nitrogens with zero attached hydrogens (tertiary/aromatic N) is 4. The highest BCUT2D eigenvalue weighted by molar-refractivity contribution is 5.92. The molecule has 1 fully saturated rings. The lowest BCUT2D eigenvalue weighted by atomic mass is 9.82. The summed E-state index contributed by atoms with van der Waals surface area (Å²) in [6, 6.07) is 4.43. The van der Waals surface area contributed by atoms with Gasteiger partial charge in [-0.25, -0.2) is 4.68 Å². The zero-order valence-corrected chi connectivity index (χ0v) is 18.0. The molecular formula is C22H28F3N5O. The molecule has 6 nitrogen and oxygen atoms in total. The first-order valence-electron chi connectivity index (χ1n) is 10.7. The minimum atomic E-state index is -4.40. The summed E-state index contributed by atoms with van der Waals surface area (Å²) in [4.78, 5) is 18.9. The minimum absolute atomic E-state index is 0.0810. The maximum Gasteiger partial charge on any atom is 0.410 e. The zero-order chi connectivity index (χ0) is 22.4. The second-order valence-corrected chi connectivity index (χ2v) is 9.48. The van der Waals surface area contributed by atoms with Crippen molar-refractivity contribution in [2.75, 3.05) is 11.9 Å². The van der Waals surface area contributed by atoms with Gasteiger partial charge in [-0.1, -0.05) is 26.8 Å². The van der Waals surface area contributed by atoms with E-state index < -0.39 is 12.2 Å². The predicted molar refractivity (Wildman–Crippen MR) is 111 cm³/mol. The summed E-state index contributed by atoms with van der Waals surface area (Å²) in [5.74, 6) is 0.142. The number of pyridine rings is 1. The molecule has 0 aromatic carbocycles. The van der Waals surface area contributed by atoms with Crippen molar-refractivity contribution in [3.63, 3.8) is 0 Å². The molecule has 2 aliphatic rings. The number of alkyl halides is 3. The number of amides is 1. The van der Waals surface area contributed by atoms with Crippen molar-refractivity contribution >= 4 is 11.7 Å². The van der Waals surface area contributed by atoms with Crippen LogP contribution in [0.2, 0.25) is 0 Å². The van der Waals surface area contributed by atoms with E-state index >= 15 is 0 Å². The van der Waals surface area contributed by atoms with Crippen LogP contribution in [0.1, 0.15) is 74.7 Å². The van der Waals surface area contributed by atoms with Crippen molar-refractivity contribution in [3.8, 4) is 0 Å². The zero-order valence-electron chi connectivity index (χ0n) is 18.0. The number of carbonyl (C=O) groups excluding carboxylic acids is 1. The van der Waals surface area contributed by atoms with Crippen molar-refractivity contribution in [3.05, 3.63) is 41.9 Å². The molecule has 3 atom stereocenters. The molecule has 1 N–H and O–H groups in total. The van der Waals surface area contributed by atoms with E-state index in [1.165, 1.54) is 0 Å². The van der Waals surface area contributed by atoms with Crippen LogP contribution >= 0.6 is 0 Å². The van der Waals surface area contributed by atoms with E-state index in [0.717, 1.165) is 17.5 Å². The Bertz CT molecular complexity index is 935. The predicted octanol–water partition coefficient (Wildman–Crippen LogP) is 4.98. The molecule has 1 amide bonds. The average Bonchev–Trinajstić information content (AvgIpc) is 3.16. The third-order valence-corrected chi connectivity index (χ3v) is 6.24. The van der Waals surface area contributed by atoms with Crippen molar-refractivity contribution in [1.82, 2.24) is 19.7 Å². The van der Waals surface area contributed by atoms with Crippen molar-refractivity contribution in [2.45, 2.75) is 70.8 Å². The number of hydrogen-bond acceptors (Lipinski definition) is 4. The van der Waals surface area contributed by atoms with E-state index in [2.05, 4.69) is 15.4 Å². The Morgan fingerprint density at radius 1 is 1.19 bits per heavy atom. The molecule has 1 unspecified atom stereocenters. The maximum absolute atomic E-state index is 13.9. The van der Waals surface area contributed by atoms with Crippen LogP contribution in [0.3, 0.4) is 0 Å². The molecule has 31 heavy (non-hydrogen) atoms. The number of carbonyl (C=O) groups is 1. The van der Waals surface area contributed by atoms with E-state index in [-0.39, 0.29) is 29.8 Å². The molecule has 2 aromatic rings. The summed E-state index contributed by atoms with van der Waals surface area (Å²) in [6.07, 6.45) is -0.528. The summed E-state index contributed by atoms with van der Waals surface area (Å²) in [7, 11) is 0. The molecule has 9 heteroatoms. The van der Waals surface area contributed by atoms with Gasteiger partial charge in [0.25, 0.3) is 5.91 Å². The first-order chi connectivity index (χ1) is 14.6. The number of halogens is 3. The van der Waals surface area contributed by atoms with Crippen molar-refractivity contribution in [1.29, 1.82) is 0 Å². The van der Waals surface area contributed by atoms with E-state index in [1.54, 1.807) is 35.4 Å². The van der Waals surface area contributed by atoms with Crippen LogP contribution in [-0.2, 0) is 0 Å². The summed E-state index contributed by atoms with van der Waals surface area (Å²) in [5.41, 5.74) is 0.484. The number of anilines is 1. The number of likely N-dealkylation sites (tertiary alicyclic amines) is 1. The molecule has 0 bridgehead atoms. The summed E-state index contributed by atoms with van der Waals surface area (Å²) >= 11 is 0. The van der Waals surface area contributed by atoms with Gasteiger partial charge in [0.2, 0.25) is 0 Å². The van der Waals surface area contributed by atoms with Gasteiger partial charge in [-0.2, -0.15) is 18.3 Å². The highest BCUT2D eigenvalue weighted by atomic mass is 19.4. The van der Waals surface area contributed by atoms with E-state index in [9.17, 15) is 18.0 Å². The smallest absolute Gasteiger partial charge is 0.367 e. The number of rotatable bonds is 2. The largest absolute Gasteiger partial charge is 0.410 e. The van der Waals surface area contributed by atoms with Gasteiger partial charge in [0.1, 0.15) is 11.5 Å². The van der Waals surface area contributed by atoms with Crippen LogP contribution in [0, 0.1) is 5.41 Å². The molecule has 2 aromatic heterocycles. The summed E-state index contributed by atoms with van der Waals surface area (Å²) in [5, 5.41) is 7.64. The number of aromatic nitrogens is 3. The first kappa shape index (κ1) is 21.6. The van der Waals surface area contributed by atoms with E-state index in [4.69, 9.17) is 0 Å². The third kappa shape index (κ3) is 4.27. The Balaban J connectivity index is 1.69. The Morgan fingerprint density at radius 3 is 2.61 bits per heavy atom. The monoisotopic (exact) mass is 435 g/mol. The molecule has 2 aliphatic heterocycles. The van der Waals surface area contributed by atoms with Crippen LogP contribution in [-0.4, -0.2) is 44.3 Å². The van der Waals surface area contributed by atoms with Gasteiger partial charge in [-0.15, -0.1) is 0 Å². The number of nitrogens with one attached hydrogen (secondary N) is 1. The Labute approximate surface area is 179 Å². The topological polar surface area (TPSA) is 63.1 Å². The average molecular weight is 435 g/mol. The van der Waals surface area contributed by atoms with Gasteiger partial charge in [-0.3, -0.25) is 9.78 Å². The Hall–Kier alpha value is -2.58. The second-order valence-electron chi connectivity index (χ2n) is 9.48. The van der Waals surface area contributed by atoms with E-state index in [1.807, 2.05) is 20.8 Å². The molecule has 1 saturated heterocycles. The normalized spacial score (nSPS) is 24.5. The molecule has 0 saturated carbocycles. The number of piperidine rings is 1.